The lowest BCUT2D eigenvalue weighted by Crippen LogP contribution is -2.44. The molecule has 2 saturated heterocycles. The van der Waals surface area contributed by atoms with E-state index in [0.29, 0.717) is 25.9 Å². The Kier molecular flexibility index (Phi) is 2.90. The number of nitrogens with two attached hydrogens (primary N) is 1. The van der Waals surface area contributed by atoms with Gasteiger partial charge < -0.3 is 16.0 Å². The van der Waals surface area contributed by atoms with Crippen molar-refractivity contribution < 1.29 is 9.59 Å². The molecule has 2 unspecified atom stereocenters. The molecule has 0 saturated carbocycles. The predicted octanol–water partition coefficient (Wildman–Crippen LogP) is -0.928. The third kappa shape index (κ3) is 2.28. The first-order valence-corrected chi connectivity index (χ1v) is 5.48. The van der Waals surface area contributed by atoms with Gasteiger partial charge in [0.1, 0.15) is 0 Å². The molecule has 0 aromatic heterocycles. The molecule has 5 nitrogen and oxygen atoms in total. The van der Waals surface area contributed by atoms with Crippen molar-refractivity contribution in [1.82, 2.24) is 10.2 Å². The van der Waals surface area contributed by atoms with E-state index in [9.17, 15) is 9.59 Å². The predicted molar refractivity (Wildman–Crippen MR) is 54.9 cm³/mol. The summed E-state index contributed by atoms with van der Waals surface area (Å²) in [6.07, 6.45) is 2.04. The lowest BCUT2D eigenvalue weighted by Gasteiger charge is -2.26. The Morgan fingerprint density at radius 2 is 2.27 bits per heavy atom. The molecule has 2 aliphatic rings. The average Bonchev–Trinajstić information content (AvgIpc) is 2.65. The number of rotatable bonds is 1. The van der Waals surface area contributed by atoms with Gasteiger partial charge in [-0.05, 0) is 12.8 Å². The van der Waals surface area contributed by atoms with Gasteiger partial charge in [-0.3, -0.25) is 9.59 Å². The Balaban J connectivity index is 1.88. The smallest absolute Gasteiger partial charge is 0.227 e. The first-order chi connectivity index (χ1) is 7.16. The van der Waals surface area contributed by atoms with Crippen LogP contribution in [-0.4, -0.2) is 42.4 Å². The van der Waals surface area contributed by atoms with Gasteiger partial charge in [0.25, 0.3) is 0 Å². The van der Waals surface area contributed by atoms with E-state index in [2.05, 4.69) is 5.32 Å². The van der Waals surface area contributed by atoms with Gasteiger partial charge in [0, 0.05) is 32.1 Å². The fourth-order valence-corrected chi connectivity index (χ4v) is 2.19. The Bertz CT molecular complexity index is 270. The third-order valence-corrected chi connectivity index (χ3v) is 3.15. The van der Waals surface area contributed by atoms with Gasteiger partial charge in [-0.2, -0.15) is 0 Å². The van der Waals surface area contributed by atoms with E-state index in [4.69, 9.17) is 5.73 Å². The maximum atomic E-state index is 12.0. The van der Waals surface area contributed by atoms with Crippen LogP contribution in [0.2, 0.25) is 0 Å². The summed E-state index contributed by atoms with van der Waals surface area (Å²) in [7, 11) is 0. The summed E-state index contributed by atoms with van der Waals surface area (Å²) < 4.78 is 0. The third-order valence-electron chi connectivity index (χ3n) is 3.15. The van der Waals surface area contributed by atoms with Gasteiger partial charge in [0.05, 0.1) is 5.92 Å². The number of nitrogens with zero attached hydrogens (tertiary/aromatic N) is 1. The Morgan fingerprint density at radius 1 is 1.47 bits per heavy atom. The Hall–Kier alpha value is -1.10. The van der Waals surface area contributed by atoms with Crippen LogP contribution >= 0.6 is 0 Å². The van der Waals surface area contributed by atoms with Crippen LogP contribution in [0.5, 0.6) is 0 Å². The molecule has 0 aromatic rings. The summed E-state index contributed by atoms with van der Waals surface area (Å²) in [5.74, 6) is 0.174. The molecule has 2 rings (SSSR count). The van der Waals surface area contributed by atoms with Crippen LogP contribution in [0.15, 0.2) is 0 Å². The highest BCUT2D eigenvalue weighted by Gasteiger charge is 2.31. The highest BCUT2D eigenvalue weighted by atomic mass is 16.2. The number of amides is 2. The van der Waals surface area contributed by atoms with Crippen molar-refractivity contribution >= 4 is 11.8 Å². The fourth-order valence-electron chi connectivity index (χ4n) is 2.19. The highest BCUT2D eigenvalue weighted by Crippen LogP contribution is 2.17. The number of piperidine rings is 1. The average molecular weight is 211 g/mol. The van der Waals surface area contributed by atoms with Crippen LogP contribution in [0, 0.1) is 5.92 Å². The molecule has 0 radical (unpaired) electrons. The minimum Gasteiger partial charge on any atom is -0.355 e. The normalized spacial score (nSPS) is 31.5. The number of likely N-dealkylation sites (tertiary alicyclic amines) is 1. The van der Waals surface area contributed by atoms with Crippen molar-refractivity contribution in [2.24, 2.45) is 11.7 Å². The standard InChI is InChI=1S/C10H17N3O2/c11-8-3-4-13(6-8)10(15)7-1-2-9(14)12-5-7/h7-8H,1-6,11H2,(H,12,14). The molecule has 3 N–H and O–H groups in total. The number of nitrogens with one attached hydrogen (secondary N) is 1. The van der Waals surface area contributed by atoms with Crippen molar-refractivity contribution in [3.63, 3.8) is 0 Å². The number of carbonyl (C=O) groups is 2. The summed E-state index contributed by atoms with van der Waals surface area (Å²) in [5.41, 5.74) is 5.75. The molecule has 15 heavy (non-hydrogen) atoms. The summed E-state index contributed by atoms with van der Waals surface area (Å²) in [4.78, 5) is 24.7. The first kappa shape index (κ1) is 10.4. The molecule has 5 heteroatoms. The summed E-state index contributed by atoms with van der Waals surface area (Å²) in [6.45, 7) is 1.93. The van der Waals surface area contributed by atoms with Crippen molar-refractivity contribution in [2.45, 2.75) is 25.3 Å². The van der Waals surface area contributed by atoms with Crippen LogP contribution in [0.4, 0.5) is 0 Å². The lowest BCUT2D eigenvalue weighted by molar-refractivity contribution is -0.136. The molecule has 2 aliphatic heterocycles. The van der Waals surface area contributed by atoms with E-state index in [1.165, 1.54) is 0 Å². The van der Waals surface area contributed by atoms with E-state index in [1.54, 1.807) is 0 Å². The van der Waals surface area contributed by atoms with E-state index < -0.39 is 0 Å². The maximum absolute atomic E-state index is 12.0. The van der Waals surface area contributed by atoms with Gasteiger partial charge >= 0.3 is 0 Å². The van der Waals surface area contributed by atoms with E-state index >= 15 is 0 Å². The number of hydrogen-bond donors (Lipinski definition) is 2. The zero-order chi connectivity index (χ0) is 10.8. The molecule has 0 aromatic carbocycles. The number of carbonyl (C=O) groups excluding carboxylic acids is 2. The molecule has 84 valence electrons. The SMILES string of the molecule is NC1CCN(C(=O)C2CCC(=O)NC2)C1. The van der Waals surface area contributed by atoms with Gasteiger partial charge in [0.2, 0.25) is 11.8 Å². The van der Waals surface area contributed by atoms with Crippen molar-refractivity contribution in [3.05, 3.63) is 0 Å². The second-order valence-corrected chi connectivity index (χ2v) is 4.37. The lowest BCUT2D eigenvalue weighted by atomic mass is 9.98. The van der Waals surface area contributed by atoms with Gasteiger partial charge in [-0.1, -0.05) is 0 Å². The monoisotopic (exact) mass is 211 g/mol. The fraction of sp³-hybridized carbons (Fsp3) is 0.800. The molecule has 2 atom stereocenters. The molecular formula is C10H17N3O2. The van der Waals surface area contributed by atoms with E-state index in [1.807, 2.05) is 4.90 Å². The van der Waals surface area contributed by atoms with E-state index in [-0.39, 0.29) is 23.8 Å². The van der Waals surface area contributed by atoms with Gasteiger partial charge in [-0.25, -0.2) is 0 Å². The number of hydrogen-bond acceptors (Lipinski definition) is 3. The molecule has 0 bridgehead atoms. The summed E-state index contributed by atoms with van der Waals surface area (Å²) in [5, 5.41) is 2.73. The van der Waals surface area contributed by atoms with Crippen LogP contribution in [0.3, 0.4) is 0 Å². The van der Waals surface area contributed by atoms with Gasteiger partial charge in [-0.15, -0.1) is 0 Å². The highest BCUT2D eigenvalue weighted by molar-refractivity contribution is 5.83. The second kappa shape index (κ2) is 4.18. The van der Waals surface area contributed by atoms with Crippen LogP contribution in [0.25, 0.3) is 0 Å². The quantitative estimate of drug-likeness (QED) is 0.588. The van der Waals surface area contributed by atoms with Crippen molar-refractivity contribution in [1.29, 1.82) is 0 Å². The first-order valence-electron chi connectivity index (χ1n) is 5.48. The van der Waals surface area contributed by atoms with Crippen LogP contribution < -0.4 is 11.1 Å². The van der Waals surface area contributed by atoms with Gasteiger partial charge in [0.15, 0.2) is 0 Å². The molecule has 2 fully saturated rings. The summed E-state index contributed by atoms with van der Waals surface area (Å²) in [6, 6.07) is 0.132. The molecule has 0 spiro atoms. The second-order valence-electron chi connectivity index (χ2n) is 4.37. The zero-order valence-electron chi connectivity index (χ0n) is 8.74. The Morgan fingerprint density at radius 3 is 2.80 bits per heavy atom. The van der Waals surface area contributed by atoms with Crippen molar-refractivity contribution in [3.8, 4) is 0 Å². The minimum atomic E-state index is -0.0343. The molecular weight excluding hydrogens is 194 g/mol. The largest absolute Gasteiger partial charge is 0.355 e. The maximum Gasteiger partial charge on any atom is 0.227 e. The minimum absolute atomic E-state index is 0.0343. The topological polar surface area (TPSA) is 75.4 Å². The zero-order valence-corrected chi connectivity index (χ0v) is 8.74. The molecule has 0 aliphatic carbocycles. The molecule has 2 heterocycles. The Labute approximate surface area is 89.0 Å². The van der Waals surface area contributed by atoms with Crippen molar-refractivity contribution in [2.75, 3.05) is 19.6 Å². The molecule has 2 amide bonds. The van der Waals surface area contributed by atoms with E-state index in [0.717, 1.165) is 13.0 Å². The van der Waals surface area contributed by atoms with Crippen LogP contribution in [-0.2, 0) is 9.59 Å². The summed E-state index contributed by atoms with van der Waals surface area (Å²) >= 11 is 0. The van der Waals surface area contributed by atoms with Crippen LogP contribution in [0.1, 0.15) is 19.3 Å².